The molecule has 0 aliphatic heterocycles. The third kappa shape index (κ3) is 3.04. The summed E-state index contributed by atoms with van der Waals surface area (Å²) in [4.78, 5) is 0. The van der Waals surface area contributed by atoms with Crippen molar-refractivity contribution in [2.75, 3.05) is 18.1 Å². The van der Waals surface area contributed by atoms with Crippen LogP contribution in [-0.4, -0.2) is 17.5 Å². The predicted molar refractivity (Wildman–Crippen MR) is 74.7 cm³/mol. The Morgan fingerprint density at radius 2 is 2.10 bits per heavy atom. The molecule has 0 aromatic heterocycles. The van der Waals surface area contributed by atoms with Crippen LogP contribution in [0.4, 0.5) is 18.9 Å². The van der Waals surface area contributed by atoms with E-state index in [1.165, 1.54) is 12.1 Å². The lowest BCUT2D eigenvalue weighted by molar-refractivity contribution is -0.137. The van der Waals surface area contributed by atoms with Crippen LogP contribution in [0.25, 0.3) is 0 Å². The molecule has 1 saturated carbocycles. The van der Waals surface area contributed by atoms with Gasteiger partial charge >= 0.3 is 6.18 Å². The van der Waals surface area contributed by atoms with Crippen LogP contribution in [0.2, 0.25) is 0 Å². The fourth-order valence-electron chi connectivity index (χ4n) is 2.29. The average Bonchev–Trinajstić information content (AvgIpc) is 2.36. The average molecular weight is 300 g/mol. The van der Waals surface area contributed by atoms with E-state index in [0.29, 0.717) is 6.54 Å². The van der Waals surface area contributed by atoms with Gasteiger partial charge in [0.2, 0.25) is 0 Å². The van der Waals surface area contributed by atoms with E-state index in [1.807, 2.05) is 12.3 Å². The highest BCUT2D eigenvalue weighted by molar-refractivity contribution is 8.00. The van der Waals surface area contributed by atoms with Gasteiger partial charge in [-0.1, -0.05) is 6.42 Å². The summed E-state index contributed by atoms with van der Waals surface area (Å²) in [7, 11) is 0. The Morgan fingerprint density at radius 1 is 1.40 bits per heavy atom. The molecule has 0 radical (unpaired) electrons. The summed E-state index contributed by atoms with van der Waals surface area (Å²) < 4.78 is 38.9. The van der Waals surface area contributed by atoms with Gasteiger partial charge < -0.3 is 5.32 Å². The van der Waals surface area contributed by atoms with Crippen molar-refractivity contribution in [2.45, 2.75) is 30.2 Å². The third-order valence-corrected chi connectivity index (χ3v) is 5.17. The highest BCUT2D eigenvalue weighted by atomic mass is 32.2. The highest BCUT2D eigenvalue weighted by Crippen LogP contribution is 2.43. The number of nitriles is 1. The Balaban J connectivity index is 2.22. The summed E-state index contributed by atoms with van der Waals surface area (Å²) in [6.07, 6.45) is 0.716. The lowest BCUT2D eigenvalue weighted by Crippen LogP contribution is -2.40. The third-order valence-electron chi connectivity index (χ3n) is 3.75. The minimum Gasteiger partial charge on any atom is -0.383 e. The van der Waals surface area contributed by atoms with Gasteiger partial charge in [0.15, 0.2) is 0 Å². The molecule has 0 atom stereocenters. The molecule has 0 unspecified atom stereocenters. The van der Waals surface area contributed by atoms with Crippen LogP contribution in [0.1, 0.15) is 30.4 Å². The van der Waals surface area contributed by atoms with Gasteiger partial charge in [0, 0.05) is 17.0 Å². The Labute approximate surface area is 120 Å². The SMILES string of the molecule is CSC1(CNc2cc(C#N)ccc2C(F)(F)F)CCC1. The first-order chi connectivity index (χ1) is 9.40. The smallest absolute Gasteiger partial charge is 0.383 e. The summed E-state index contributed by atoms with van der Waals surface area (Å²) in [6, 6.07) is 5.31. The summed E-state index contributed by atoms with van der Waals surface area (Å²) in [5, 5.41) is 11.7. The fourth-order valence-corrected chi connectivity index (χ4v) is 3.20. The molecule has 1 aliphatic carbocycles. The van der Waals surface area contributed by atoms with Crippen molar-refractivity contribution in [1.29, 1.82) is 5.26 Å². The molecule has 2 nitrogen and oxygen atoms in total. The molecular weight excluding hydrogens is 285 g/mol. The quantitative estimate of drug-likeness (QED) is 0.901. The van der Waals surface area contributed by atoms with E-state index >= 15 is 0 Å². The topological polar surface area (TPSA) is 35.8 Å². The number of hydrogen-bond donors (Lipinski definition) is 1. The number of halogens is 3. The van der Waals surface area contributed by atoms with Crippen LogP contribution in [0, 0.1) is 11.3 Å². The monoisotopic (exact) mass is 300 g/mol. The van der Waals surface area contributed by atoms with Crippen molar-refractivity contribution < 1.29 is 13.2 Å². The zero-order valence-electron chi connectivity index (χ0n) is 11.0. The van der Waals surface area contributed by atoms with Gasteiger partial charge in [0.25, 0.3) is 0 Å². The molecule has 1 N–H and O–H groups in total. The van der Waals surface area contributed by atoms with Crippen LogP contribution in [-0.2, 0) is 6.18 Å². The van der Waals surface area contributed by atoms with Gasteiger partial charge in [-0.3, -0.25) is 0 Å². The molecule has 1 aromatic rings. The number of hydrogen-bond acceptors (Lipinski definition) is 3. The molecule has 20 heavy (non-hydrogen) atoms. The van der Waals surface area contributed by atoms with Crippen molar-refractivity contribution in [3.63, 3.8) is 0 Å². The molecule has 0 bridgehead atoms. The van der Waals surface area contributed by atoms with Gasteiger partial charge in [0.05, 0.1) is 17.2 Å². The number of nitrogens with one attached hydrogen (secondary N) is 1. The molecule has 2 rings (SSSR count). The van der Waals surface area contributed by atoms with E-state index in [0.717, 1.165) is 25.3 Å². The number of anilines is 1. The van der Waals surface area contributed by atoms with Crippen molar-refractivity contribution in [1.82, 2.24) is 0 Å². The van der Waals surface area contributed by atoms with Crippen molar-refractivity contribution in [2.24, 2.45) is 0 Å². The van der Waals surface area contributed by atoms with E-state index in [9.17, 15) is 13.2 Å². The van der Waals surface area contributed by atoms with E-state index in [4.69, 9.17) is 5.26 Å². The predicted octanol–water partition coefficient (Wildman–Crippen LogP) is 4.27. The Kier molecular flexibility index (Phi) is 4.19. The first-order valence-corrected chi connectivity index (χ1v) is 7.53. The molecule has 1 fully saturated rings. The van der Waals surface area contributed by atoms with Crippen molar-refractivity contribution in [3.05, 3.63) is 29.3 Å². The maximum atomic E-state index is 13.0. The Bertz CT molecular complexity index is 525. The molecule has 0 spiro atoms. The zero-order chi connectivity index (χ0) is 14.8. The summed E-state index contributed by atoms with van der Waals surface area (Å²) in [5.74, 6) is 0. The molecule has 0 heterocycles. The van der Waals surface area contributed by atoms with Crippen LogP contribution in [0.15, 0.2) is 18.2 Å². The van der Waals surface area contributed by atoms with Crippen LogP contribution in [0.3, 0.4) is 0 Å². The number of rotatable bonds is 4. The highest BCUT2D eigenvalue weighted by Gasteiger charge is 2.37. The van der Waals surface area contributed by atoms with Gasteiger partial charge in [-0.15, -0.1) is 0 Å². The lowest BCUT2D eigenvalue weighted by atomic mass is 9.84. The van der Waals surface area contributed by atoms with E-state index in [-0.39, 0.29) is 16.0 Å². The van der Waals surface area contributed by atoms with Crippen LogP contribution >= 0.6 is 11.8 Å². The van der Waals surface area contributed by atoms with Crippen LogP contribution < -0.4 is 5.32 Å². The minimum atomic E-state index is -4.41. The standard InChI is InChI=1S/C14H15F3N2S/c1-20-13(5-2-6-13)9-19-12-7-10(8-18)3-4-11(12)14(15,16)17/h3-4,7,19H,2,5-6,9H2,1H3. The maximum absolute atomic E-state index is 13.0. The molecular formula is C14H15F3N2S. The van der Waals surface area contributed by atoms with Crippen LogP contribution in [0.5, 0.6) is 0 Å². The van der Waals surface area contributed by atoms with Gasteiger partial charge in [0.1, 0.15) is 0 Å². The second-order valence-electron chi connectivity index (χ2n) is 4.96. The van der Waals surface area contributed by atoms with Gasteiger partial charge in [-0.05, 0) is 37.3 Å². The molecule has 1 aliphatic rings. The number of nitrogens with zero attached hydrogens (tertiary/aromatic N) is 1. The van der Waals surface area contributed by atoms with Crippen molar-refractivity contribution in [3.8, 4) is 6.07 Å². The van der Waals surface area contributed by atoms with Crippen molar-refractivity contribution >= 4 is 17.4 Å². The number of alkyl halides is 3. The number of thioether (sulfide) groups is 1. The first-order valence-electron chi connectivity index (χ1n) is 6.31. The van der Waals surface area contributed by atoms with Gasteiger partial charge in [-0.2, -0.15) is 30.2 Å². The second-order valence-corrected chi connectivity index (χ2v) is 6.24. The zero-order valence-corrected chi connectivity index (χ0v) is 11.9. The largest absolute Gasteiger partial charge is 0.418 e. The second kappa shape index (κ2) is 5.57. The first kappa shape index (κ1) is 15.0. The van der Waals surface area contributed by atoms with Gasteiger partial charge in [-0.25, -0.2) is 0 Å². The summed E-state index contributed by atoms with van der Waals surface area (Å²) in [5.41, 5.74) is -0.490. The molecule has 0 saturated heterocycles. The molecule has 6 heteroatoms. The minimum absolute atomic E-state index is 0.00289. The Hall–Kier alpha value is -1.35. The maximum Gasteiger partial charge on any atom is 0.418 e. The molecule has 0 amide bonds. The lowest BCUT2D eigenvalue weighted by Gasteiger charge is -2.41. The Morgan fingerprint density at radius 3 is 2.55 bits per heavy atom. The summed E-state index contributed by atoms with van der Waals surface area (Å²) in [6.45, 7) is 0.492. The normalized spacial score (nSPS) is 17.1. The van der Waals surface area contributed by atoms with E-state index < -0.39 is 11.7 Å². The number of benzene rings is 1. The fraction of sp³-hybridized carbons (Fsp3) is 0.500. The molecule has 108 valence electrons. The summed E-state index contributed by atoms with van der Waals surface area (Å²) >= 11 is 1.69. The van der Waals surface area contributed by atoms with E-state index in [1.54, 1.807) is 11.8 Å². The molecule has 1 aromatic carbocycles. The van der Waals surface area contributed by atoms with E-state index in [2.05, 4.69) is 5.32 Å².